The Balaban J connectivity index is 1.52. The van der Waals surface area contributed by atoms with Crippen LogP contribution in [0.15, 0.2) is 58.3 Å². The molecule has 7 heteroatoms. The van der Waals surface area contributed by atoms with E-state index in [0.29, 0.717) is 29.8 Å². The Morgan fingerprint density at radius 1 is 1.21 bits per heavy atom. The molecule has 4 rings (SSSR count). The summed E-state index contributed by atoms with van der Waals surface area (Å²) in [6, 6.07) is 13.9. The van der Waals surface area contributed by atoms with Crippen LogP contribution in [0.3, 0.4) is 0 Å². The Bertz CT molecular complexity index is 908. The van der Waals surface area contributed by atoms with Crippen molar-refractivity contribution in [2.24, 2.45) is 5.92 Å². The highest BCUT2D eigenvalue weighted by Gasteiger charge is 2.23. The fraction of sp³-hybridized carbons (Fsp3) is 0.381. The number of amides is 1. The number of furan rings is 1. The van der Waals surface area contributed by atoms with Gasteiger partial charge >= 0.3 is 0 Å². The average molecular weight is 397 g/mol. The summed E-state index contributed by atoms with van der Waals surface area (Å²) in [4.78, 5) is 14.6. The van der Waals surface area contributed by atoms with Crippen LogP contribution in [0.2, 0.25) is 0 Å². The van der Waals surface area contributed by atoms with Crippen LogP contribution in [-0.4, -0.2) is 44.4 Å². The summed E-state index contributed by atoms with van der Waals surface area (Å²) < 4.78 is 7.55. The van der Waals surface area contributed by atoms with Crippen LogP contribution in [0.25, 0.3) is 11.6 Å². The molecule has 2 aromatic heterocycles. The molecule has 1 aliphatic rings. The molecule has 146 valence electrons. The summed E-state index contributed by atoms with van der Waals surface area (Å²) >= 11 is 1.44. The van der Waals surface area contributed by atoms with E-state index in [0.717, 1.165) is 30.2 Å². The van der Waals surface area contributed by atoms with Crippen LogP contribution in [-0.2, 0) is 11.3 Å². The van der Waals surface area contributed by atoms with Gasteiger partial charge in [-0.15, -0.1) is 10.2 Å². The molecule has 1 atom stereocenters. The minimum Gasteiger partial charge on any atom is -0.461 e. The van der Waals surface area contributed by atoms with Gasteiger partial charge in [-0.25, -0.2) is 0 Å². The summed E-state index contributed by atoms with van der Waals surface area (Å²) in [5, 5.41) is 9.41. The minimum atomic E-state index is 0.172. The van der Waals surface area contributed by atoms with E-state index in [-0.39, 0.29) is 5.91 Å². The van der Waals surface area contributed by atoms with Crippen molar-refractivity contribution in [1.29, 1.82) is 0 Å². The van der Waals surface area contributed by atoms with E-state index in [4.69, 9.17) is 4.42 Å². The summed E-state index contributed by atoms with van der Waals surface area (Å²) in [5.41, 5.74) is 1.15. The SMILES string of the molecule is CC1CCCN(C(=O)CSc2nnc(-c3ccco3)n2Cc2ccccc2)C1. The molecule has 1 fully saturated rings. The largest absolute Gasteiger partial charge is 0.461 e. The first-order chi connectivity index (χ1) is 13.7. The van der Waals surface area contributed by atoms with Gasteiger partial charge in [-0.3, -0.25) is 9.36 Å². The lowest BCUT2D eigenvalue weighted by atomic mass is 10.0. The molecule has 0 aliphatic carbocycles. The number of benzene rings is 1. The van der Waals surface area contributed by atoms with E-state index in [1.807, 2.05) is 39.8 Å². The number of piperidine rings is 1. The molecule has 1 aromatic carbocycles. The standard InChI is InChI=1S/C21H24N4O2S/c1-16-7-5-11-24(13-16)19(26)15-28-21-23-22-20(18-10-6-12-27-18)25(21)14-17-8-3-2-4-9-17/h2-4,6,8-10,12,16H,5,7,11,13-15H2,1H3. The number of hydrogen-bond acceptors (Lipinski definition) is 5. The number of likely N-dealkylation sites (tertiary alicyclic amines) is 1. The van der Waals surface area contributed by atoms with Gasteiger partial charge in [0.05, 0.1) is 18.6 Å². The maximum atomic E-state index is 12.7. The predicted octanol–water partition coefficient (Wildman–Crippen LogP) is 3.94. The third-order valence-corrected chi connectivity index (χ3v) is 5.93. The number of nitrogens with zero attached hydrogens (tertiary/aromatic N) is 4. The predicted molar refractivity (Wildman–Crippen MR) is 109 cm³/mol. The molecule has 0 spiro atoms. The zero-order valence-electron chi connectivity index (χ0n) is 16.0. The molecule has 6 nitrogen and oxygen atoms in total. The maximum Gasteiger partial charge on any atom is 0.233 e. The first kappa shape index (κ1) is 18.8. The van der Waals surface area contributed by atoms with E-state index in [1.54, 1.807) is 6.26 Å². The highest BCUT2D eigenvalue weighted by Crippen LogP contribution is 2.26. The van der Waals surface area contributed by atoms with Gasteiger partial charge in [0.25, 0.3) is 0 Å². The van der Waals surface area contributed by atoms with Crippen LogP contribution in [0.1, 0.15) is 25.3 Å². The van der Waals surface area contributed by atoms with Gasteiger partial charge in [0.2, 0.25) is 11.7 Å². The zero-order chi connectivity index (χ0) is 19.3. The number of thioether (sulfide) groups is 1. The van der Waals surface area contributed by atoms with Crippen LogP contribution in [0.5, 0.6) is 0 Å². The van der Waals surface area contributed by atoms with Gasteiger partial charge in [0.15, 0.2) is 10.9 Å². The number of carbonyl (C=O) groups excluding carboxylic acids is 1. The first-order valence-corrected chi connectivity index (χ1v) is 10.6. The molecule has 0 saturated carbocycles. The normalized spacial score (nSPS) is 17.0. The number of rotatable bonds is 6. The Morgan fingerprint density at radius 2 is 2.07 bits per heavy atom. The topological polar surface area (TPSA) is 64.2 Å². The maximum absolute atomic E-state index is 12.7. The lowest BCUT2D eigenvalue weighted by molar-refractivity contribution is -0.130. The van der Waals surface area contributed by atoms with Crippen molar-refractivity contribution >= 4 is 17.7 Å². The molecule has 1 aliphatic heterocycles. The second-order valence-electron chi connectivity index (χ2n) is 7.23. The van der Waals surface area contributed by atoms with Crippen LogP contribution < -0.4 is 0 Å². The van der Waals surface area contributed by atoms with Gasteiger partial charge < -0.3 is 9.32 Å². The van der Waals surface area contributed by atoms with Crippen molar-refractivity contribution in [2.45, 2.75) is 31.5 Å². The Kier molecular flexibility index (Phi) is 5.81. The number of aromatic nitrogens is 3. The number of hydrogen-bond donors (Lipinski definition) is 0. The average Bonchev–Trinajstić information content (AvgIpc) is 3.37. The fourth-order valence-electron chi connectivity index (χ4n) is 3.53. The second-order valence-corrected chi connectivity index (χ2v) is 8.17. The van der Waals surface area contributed by atoms with E-state index >= 15 is 0 Å². The van der Waals surface area contributed by atoms with Crippen LogP contribution in [0.4, 0.5) is 0 Å². The molecule has 1 saturated heterocycles. The summed E-state index contributed by atoms with van der Waals surface area (Å²) in [6.45, 7) is 4.55. The van der Waals surface area contributed by atoms with Crippen molar-refractivity contribution in [3.63, 3.8) is 0 Å². The summed E-state index contributed by atoms with van der Waals surface area (Å²) in [7, 11) is 0. The van der Waals surface area contributed by atoms with E-state index in [1.165, 1.54) is 18.2 Å². The smallest absolute Gasteiger partial charge is 0.233 e. The minimum absolute atomic E-state index is 0.172. The highest BCUT2D eigenvalue weighted by molar-refractivity contribution is 7.99. The fourth-order valence-corrected chi connectivity index (χ4v) is 4.37. The molecule has 3 heterocycles. The van der Waals surface area contributed by atoms with Gasteiger partial charge in [-0.05, 0) is 36.5 Å². The van der Waals surface area contributed by atoms with Crippen LogP contribution in [0, 0.1) is 5.92 Å². The van der Waals surface area contributed by atoms with Gasteiger partial charge in [-0.1, -0.05) is 49.0 Å². The molecular formula is C21H24N4O2S. The van der Waals surface area contributed by atoms with Gasteiger partial charge in [-0.2, -0.15) is 0 Å². The van der Waals surface area contributed by atoms with Gasteiger partial charge in [0.1, 0.15) is 0 Å². The second kappa shape index (κ2) is 8.65. The van der Waals surface area contributed by atoms with Crippen molar-refractivity contribution in [3.05, 3.63) is 54.3 Å². The van der Waals surface area contributed by atoms with Gasteiger partial charge in [0, 0.05) is 13.1 Å². The molecule has 0 N–H and O–H groups in total. The molecule has 0 bridgehead atoms. The molecule has 1 amide bonds. The van der Waals surface area contributed by atoms with E-state index < -0.39 is 0 Å². The van der Waals surface area contributed by atoms with Crippen molar-refractivity contribution < 1.29 is 9.21 Å². The Labute approximate surface area is 168 Å². The summed E-state index contributed by atoms with van der Waals surface area (Å²) in [6.07, 6.45) is 3.92. The molecular weight excluding hydrogens is 372 g/mol. The Hall–Kier alpha value is -2.54. The molecule has 1 unspecified atom stereocenters. The number of carbonyl (C=O) groups is 1. The van der Waals surface area contributed by atoms with Crippen molar-refractivity contribution in [3.8, 4) is 11.6 Å². The van der Waals surface area contributed by atoms with Crippen molar-refractivity contribution in [2.75, 3.05) is 18.8 Å². The Morgan fingerprint density at radius 3 is 2.82 bits per heavy atom. The highest BCUT2D eigenvalue weighted by atomic mass is 32.2. The quantitative estimate of drug-likeness (QED) is 0.591. The molecule has 28 heavy (non-hydrogen) atoms. The lowest BCUT2D eigenvalue weighted by Gasteiger charge is -2.30. The van der Waals surface area contributed by atoms with Crippen LogP contribution >= 0.6 is 11.8 Å². The monoisotopic (exact) mass is 396 g/mol. The lowest BCUT2D eigenvalue weighted by Crippen LogP contribution is -2.40. The molecule has 0 radical (unpaired) electrons. The first-order valence-electron chi connectivity index (χ1n) is 9.62. The van der Waals surface area contributed by atoms with E-state index in [9.17, 15) is 4.79 Å². The third-order valence-electron chi connectivity index (χ3n) is 4.98. The third kappa shape index (κ3) is 4.30. The van der Waals surface area contributed by atoms with Crippen molar-refractivity contribution in [1.82, 2.24) is 19.7 Å². The van der Waals surface area contributed by atoms with E-state index in [2.05, 4.69) is 29.3 Å². The molecule has 3 aromatic rings. The summed E-state index contributed by atoms with van der Waals surface area (Å²) in [5.74, 6) is 2.47. The zero-order valence-corrected chi connectivity index (χ0v) is 16.8.